The number of halogens is 3. The second-order valence-corrected chi connectivity index (χ2v) is 6.40. The summed E-state index contributed by atoms with van der Waals surface area (Å²) in [6.07, 6.45) is 4.18. The number of carbonyl (C=O) groups is 1. The molecule has 1 aromatic carbocycles. The Bertz CT molecular complexity index is 465. The maximum absolute atomic E-state index is 13.5. The summed E-state index contributed by atoms with van der Waals surface area (Å²) >= 11 is 6.54. The molecule has 2 nitrogen and oxygen atoms in total. The van der Waals surface area contributed by atoms with Gasteiger partial charge in [-0.1, -0.05) is 15.9 Å². The lowest BCUT2D eigenvalue weighted by molar-refractivity contribution is 0.0609. The van der Waals surface area contributed by atoms with E-state index in [0.29, 0.717) is 10.0 Å². The highest BCUT2D eigenvalue weighted by Crippen LogP contribution is 2.24. The van der Waals surface area contributed by atoms with Gasteiger partial charge in [0.25, 0.3) is 5.91 Å². The van der Waals surface area contributed by atoms with Gasteiger partial charge < -0.3 is 4.90 Å². The van der Waals surface area contributed by atoms with Crippen molar-refractivity contribution in [2.24, 2.45) is 0 Å². The van der Waals surface area contributed by atoms with Crippen molar-refractivity contribution in [3.8, 4) is 0 Å². The van der Waals surface area contributed by atoms with Gasteiger partial charge in [-0.2, -0.15) is 0 Å². The fourth-order valence-corrected chi connectivity index (χ4v) is 3.26. The number of benzene rings is 1. The lowest BCUT2D eigenvalue weighted by Crippen LogP contribution is -2.44. The Hall–Kier alpha value is -0.420. The van der Waals surface area contributed by atoms with Crippen LogP contribution < -0.4 is 0 Å². The maximum Gasteiger partial charge on any atom is 0.254 e. The number of piperidine rings is 1. The molecule has 0 radical (unpaired) electrons. The zero-order valence-electron chi connectivity index (χ0n) is 10.5. The van der Waals surface area contributed by atoms with Crippen LogP contribution in [0.1, 0.15) is 36.0 Å². The first-order valence-corrected chi connectivity index (χ1v) is 8.37. The van der Waals surface area contributed by atoms with Gasteiger partial charge in [-0.3, -0.25) is 4.79 Å². The number of likely N-dealkylation sites (tertiary alicyclic amines) is 1. The van der Waals surface area contributed by atoms with Gasteiger partial charge in [0.1, 0.15) is 5.82 Å². The molecule has 0 spiro atoms. The van der Waals surface area contributed by atoms with Gasteiger partial charge in [0.2, 0.25) is 0 Å². The van der Waals surface area contributed by atoms with Gasteiger partial charge in [0, 0.05) is 23.5 Å². The van der Waals surface area contributed by atoms with Crippen molar-refractivity contribution < 1.29 is 9.18 Å². The average Bonchev–Trinajstić information content (AvgIpc) is 2.42. The number of amides is 1. The molecule has 0 aliphatic carbocycles. The summed E-state index contributed by atoms with van der Waals surface area (Å²) in [5, 5.41) is 0.885. The Morgan fingerprint density at radius 3 is 2.89 bits per heavy atom. The molecule has 0 aromatic heterocycles. The number of rotatable bonds is 3. The monoisotopic (exact) mass is 391 g/mol. The molecule has 0 N–H and O–H groups in total. The second kappa shape index (κ2) is 6.84. The molecule has 1 aliphatic heterocycles. The molecule has 1 heterocycles. The van der Waals surface area contributed by atoms with Crippen LogP contribution in [0.3, 0.4) is 0 Å². The number of alkyl halides is 1. The standard InChI is InChI=1S/C14H16Br2FNO/c15-7-6-11-3-1-2-8-18(11)14(19)10-4-5-12(16)13(17)9-10/h4-5,9,11H,1-3,6-8H2. The minimum Gasteiger partial charge on any atom is -0.336 e. The third-order valence-corrected chi connectivity index (χ3v) is 4.60. The largest absolute Gasteiger partial charge is 0.336 e. The van der Waals surface area contributed by atoms with Crippen LogP contribution in [0.2, 0.25) is 0 Å². The summed E-state index contributed by atoms with van der Waals surface area (Å²) in [6, 6.07) is 4.85. The summed E-state index contributed by atoms with van der Waals surface area (Å²) in [5.41, 5.74) is 0.433. The third kappa shape index (κ3) is 3.57. The SMILES string of the molecule is O=C(c1ccc(Br)c(F)c1)N1CCCCC1CCBr. The molecule has 1 aliphatic rings. The van der Waals surface area contributed by atoms with Crippen molar-refractivity contribution in [1.82, 2.24) is 4.90 Å². The normalized spacial score (nSPS) is 19.5. The van der Waals surface area contributed by atoms with Gasteiger partial charge >= 0.3 is 0 Å². The molecule has 1 unspecified atom stereocenters. The van der Waals surface area contributed by atoms with E-state index in [-0.39, 0.29) is 17.8 Å². The molecule has 2 rings (SSSR count). The van der Waals surface area contributed by atoms with E-state index in [1.54, 1.807) is 12.1 Å². The first-order chi connectivity index (χ1) is 9.13. The van der Waals surface area contributed by atoms with Crippen LogP contribution in [0.5, 0.6) is 0 Å². The highest BCUT2D eigenvalue weighted by atomic mass is 79.9. The average molecular weight is 393 g/mol. The molecule has 1 saturated heterocycles. The van der Waals surface area contributed by atoms with Gasteiger partial charge in [-0.05, 0) is 59.8 Å². The Morgan fingerprint density at radius 2 is 2.21 bits per heavy atom. The van der Waals surface area contributed by atoms with Crippen LogP contribution in [0.25, 0.3) is 0 Å². The molecular formula is C14H16Br2FNO. The minimum absolute atomic E-state index is 0.0583. The van der Waals surface area contributed by atoms with E-state index < -0.39 is 0 Å². The molecule has 1 atom stereocenters. The summed E-state index contributed by atoms with van der Waals surface area (Å²) < 4.78 is 13.9. The zero-order valence-corrected chi connectivity index (χ0v) is 13.7. The van der Waals surface area contributed by atoms with Crippen molar-refractivity contribution in [2.45, 2.75) is 31.7 Å². The van der Waals surface area contributed by atoms with Gasteiger partial charge in [0.05, 0.1) is 4.47 Å². The topological polar surface area (TPSA) is 20.3 Å². The Balaban J connectivity index is 2.18. The van der Waals surface area contributed by atoms with E-state index in [1.807, 2.05) is 4.90 Å². The van der Waals surface area contributed by atoms with Crippen molar-refractivity contribution in [1.29, 1.82) is 0 Å². The number of hydrogen-bond donors (Lipinski definition) is 0. The van der Waals surface area contributed by atoms with E-state index in [9.17, 15) is 9.18 Å². The first-order valence-electron chi connectivity index (χ1n) is 6.45. The fourth-order valence-electron chi connectivity index (χ4n) is 2.49. The summed E-state index contributed by atoms with van der Waals surface area (Å²) in [5.74, 6) is -0.447. The van der Waals surface area contributed by atoms with Crippen LogP contribution in [0.15, 0.2) is 22.7 Å². The molecular weight excluding hydrogens is 377 g/mol. The zero-order chi connectivity index (χ0) is 13.8. The van der Waals surface area contributed by atoms with Crippen molar-refractivity contribution in [3.05, 3.63) is 34.1 Å². The maximum atomic E-state index is 13.5. The highest BCUT2D eigenvalue weighted by Gasteiger charge is 2.27. The van der Waals surface area contributed by atoms with Crippen LogP contribution >= 0.6 is 31.9 Å². The quantitative estimate of drug-likeness (QED) is 0.699. The molecule has 19 heavy (non-hydrogen) atoms. The highest BCUT2D eigenvalue weighted by molar-refractivity contribution is 9.10. The molecule has 1 aromatic rings. The molecule has 104 valence electrons. The molecule has 1 fully saturated rings. The summed E-state index contributed by atoms with van der Waals surface area (Å²) in [7, 11) is 0. The fraction of sp³-hybridized carbons (Fsp3) is 0.500. The second-order valence-electron chi connectivity index (χ2n) is 4.75. The van der Waals surface area contributed by atoms with Crippen molar-refractivity contribution in [3.63, 3.8) is 0 Å². The van der Waals surface area contributed by atoms with E-state index in [4.69, 9.17) is 0 Å². The van der Waals surface area contributed by atoms with Gasteiger partial charge in [-0.15, -0.1) is 0 Å². The van der Waals surface area contributed by atoms with E-state index >= 15 is 0 Å². The van der Waals surface area contributed by atoms with Gasteiger partial charge in [-0.25, -0.2) is 4.39 Å². The lowest BCUT2D eigenvalue weighted by Gasteiger charge is -2.35. The Kier molecular flexibility index (Phi) is 5.39. The summed E-state index contributed by atoms with van der Waals surface area (Å²) in [6.45, 7) is 0.772. The van der Waals surface area contributed by atoms with E-state index in [0.717, 1.165) is 37.6 Å². The predicted molar refractivity (Wildman–Crippen MR) is 81.2 cm³/mol. The summed E-state index contributed by atoms with van der Waals surface area (Å²) in [4.78, 5) is 14.4. The predicted octanol–water partition coefficient (Wildman–Crippen LogP) is 4.37. The van der Waals surface area contributed by atoms with E-state index in [1.165, 1.54) is 6.07 Å². The third-order valence-electron chi connectivity index (χ3n) is 3.50. The molecule has 0 saturated carbocycles. The van der Waals surface area contributed by atoms with Crippen LogP contribution in [0, 0.1) is 5.82 Å². The molecule has 5 heteroatoms. The van der Waals surface area contributed by atoms with Crippen molar-refractivity contribution in [2.75, 3.05) is 11.9 Å². The Morgan fingerprint density at radius 1 is 1.42 bits per heavy atom. The van der Waals surface area contributed by atoms with Crippen LogP contribution in [-0.2, 0) is 0 Å². The van der Waals surface area contributed by atoms with Crippen molar-refractivity contribution >= 4 is 37.8 Å². The van der Waals surface area contributed by atoms with Crippen LogP contribution in [0.4, 0.5) is 4.39 Å². The Labute approximate surface area is 129 Å². The van der Waals surface area contributed by atoms with Crippen LogP contribution in [-0.4, -0.2) is 28.7 Å². The number of carbonyl (C=O) groups excluding carboxylic acids is 1. The number of nitrogens with zero attached hydrogens (tertiary/aromatic N) is 1. The lowest BCUT2D eigenvalue weighted by atomic mass is 9.99. The van der Waals surface area contributed by atoms with Gasteiger partial charge in [0.15, 0.2) is 0 Å². The molecule has 0 bridgehead atoms. The molecule has 1 amide bonds. The van der Waals surface area contributed by atoms with E-state index in [2.05, 4.69) is 31.9 Å². The smallest absolute Gasteiger partial charge is 0.254 e. The number of hydrogen-bond acceptors (Lipinski definition) is 1. The first kappa shape index (κ1) is 15.0. The minimum atomic E-state index is -0.389.